The van der Waals surface area contributed by atoms with Gasteiger partial charge in [-0.15, -0.1) is 11.6 Å². The minimum Gasteiger partial charge on any atom is -0.468 e. The molecule has 0 radical (unpaired) electrons. The van der Waals surface area contributed by atoms with Crippen LogP contribution in [-0.4, -0.2) is 34.8 Å². The minimum absolute atomic E-state index is 0.317. The van der Waals surface area contributed by atoms with E-state index in [0.29, 0.717) is 18.1 Å². The summed E-state index contributed by atoms with van der Waals surface area (Å²) < 4.78 is 6.26. The molecular formula is C11H17Cl2N3O2. The van der Waals surface area contributed by atoms with Crippen LogP contribution in [-0.2, 0) is 29.5 Å². The fourth-order valence-electron chi connectivity index (χ4n) is 1.54. The first-order valence-corrected chi connectivity index (χ1v) is 6.45. The molecule has 0 aliphatic heterocycles. The molecule has 1 unspecified atom stereocenters. The van der Waals surface area contributed by atoms with E-state index >= 15 is 0 Å². The van der Waals surface area contributed by atoms with Crippen molar-refractivity contribution in [3.05, 3.63) is 16.4 Å². The Bertz CT molecular complexity index is 421. The highest BCUT2D eigenvalue weighted by molar-refractivity contribution is 6.32. The van der Waals surface area contributed by atoms with Crippen LogP contribution in [0.15, 0.2) is 0 Å². The topological polar surface area (TPSA) is 56.2 Å². The average molecular weight is 294 g/mol. The van der Waals surface area contributed by atoms with Crippen molar-refractivity contribution in [2.75, 3.05) is 13.7 Å². The van der Waals surface area contributed by atoms with Crippen LogP contribution in [0.3, 0.4) is 0 Å². The minimum atomic E-state index is -0.701. The summed E-state index contributed by atoms with van der Waals surface area (Å²) in [5, 5.41) is 7.32. The lowest BCUT2D eigenvalue weighted by Gasteiger charge is -2.09. The first-order chi connectivity index (χ1) is 8.51. The first-order valence-electron chi connectivity index (χ1n) is 5.64. The van der Waals surface area contributed by atoms with E-state index in [1.54, 1.807) is 4.68 Å². The molecule has 0 amide bonds. The van der Waals surface area contributed by atoms with Crippen molar-refractivity contribution in [2.24, 2.45) is 7.05 Å². The first kappa shape index (κ1) is 15.3. The van der Waals surface area contributed by atoms with E-state index in [1.165, 1.54) is 7.11 Å². The Morgan fingerprint density at radius 3 is 2.78 bits per heavy atom. The van der Waals surface area contributed by atoms with Gasteiger partial charge in [0.05, 0.1) is 23.5 Å². The molecule has 1 atom stereocenters. The largest absolute Gasteiger partial charge is 0.468 e. The predicted molar refractivity (Wildman–Crippen MR) is 71.0 cm³/mol. The Balaban J connectivity index is 2.54. The number of hydrogen-bond acceptors (Lipinski definition) is 4. The summed E-state index contributed by atoms with van der Waals surface area (Å²) in [6.45, 7) is 2.82. The number of carbonyl (C=O) groups excluding carboxylic acids is 1. The van der Waals surface area contributed by atoms with Gasteiger partial charge in [0.2, 0.25) is 0 Å². The summed E-state index contributed by atoms with van der Waals surface area (Å²) in [6, 6.07) is 0. The molecule has 0 saturated heterocycles. The number of nitrogens with one attached hydrogen (secondary N) is 1. The zero-order valence-electron chi connectivity index (χ0n) is 10.7. The highest BCUT2D eigenvalue weighted by Crippen LogP contribution is 2.20. The number of aromatic nitrogens is 2. The molecule has 18 heavy (non-hydrogen) atoms. The maximum atomic E-state index is 11.1. The van der Waals surface area contributed by atoms with Crippen LogP contribution < -0.4 is 5.32 Å². The van der Waals surface area contributed by atoms with Gasteiger partial charge in [-0.3, -0.25) is 9.48 Å². The molecule has 102 valence electrons. The maximum absolute atomic E-state index is 11.1. The third-order valence-electron chi connectivity index (χ3n) is 2.58. The van der Waals surface area contributed by atoms with Crippen molar-refractivity contribution < 1.29 is 9.53 Å². The lowest BCUT2D eigenvalue weighted by atomic mass is 10.3. The van der Waals surface area contributed by atoms with Gasteiger partial charge in [-0.25, -0.2) is 0 Å². The Labute approximate surface area is 116 Å². The monoisotopic (exact) mass is 293 g/mol. The van der Waals surface area contributed by atoms with E-state index in [2.05, 4.69) is 15.2 Å². The van der Waals surface area contributed by atoms with Crippen LogP contribution in [0.4, 0.5) is 0 Å². The Kier molecular flexibility index (Phi) is 5.91. The molecule has 1 N–H and O–H groups in total. The molecule has 0 aliphatic carbocycles. The summed E-state index contributed by atoms with van der Waals surface area (Å²) in [5.41, 5.74) is 1.74. The molecule has 1 aromatic rings. The van der Waals surface area contributed by atoms with Gasteiger partial charge in [0, 0.05) is 20.1 Å². The van der Waals surface area contributed by atoms with Gasteiger partial charge >= 0.3 is 5.97 Å². The number of rotatable bonds is 6. The lowest BCUT2D eigenvalue weighted by molar-refractivity contribution is -0.140. The smallest absolute Gasteiger partial charge is 0.325 e. The van der Waals surface area contributed by atoms with Gasteiger partial charge in [0.15, 0.2) is 0 Å². The number of halogens is 2. The van der Waals surface area contributed by atoms with E-state index < -0.39 is 11.3 Å². The molecule has 1 heterocycles. The molecule has 5 nitrogen and oxygen atoms in total. The summed E-state index contributed by atoms with van der Waals surface area (Å²) >= 11 is 12.0. The van der Waals surface area contributed by atoms with Gasteiger partial charge < -0.3 is 10.1 Å². The third-order valence-corrected chi connectivity index (χ3v) is 3.34. The van der Waals surface area contributed by atoms with Crippen LogP contribution in [0.2, 0.25) is 5.02 Å². The number of alkyl halides is 1. The Morgan fingerprint density at radius 1 is 1.61 bits per heavy atom. The van der Waals surface area contributed by atoms with Crippen molar-refractivity contribution in [3.8, 4) is 0 Å². The number of methoxy groups -OCH3 is 1. The standard InChI is InChI=1S/C11H17Cl2N3O2/c1-4-8-10(13)9(16(2)15-8)6-14-5-7(12)11(17)18-3/h7,14H,4-6H2,1-3H3. The van der Waals surface area contributed by atoms with Crippen molar-refractivity contribution in [1.29, 1.82) is 0 Å². The van der Waals surface area contributed by atoms with Gasteiger partial charge in [-0.05, 0) is 6.42 Å². The van der Waals surface area contributed by atoms with Crippen molar-refractivity contribution >= 4 is 29.2 Å². The SMILES string of the molecule is CCc1nn(C)c(CNCC(Cl)C(=O)OC)c1Cl. The molecule has 0 fully saturated rings. The Morgan fingerprint density at radius 2 is 2.28 bits per heavy atom. The van der Waals surface area contributed by atoms with Crippen LogP contribution in [0, 0.1) is 0 Å². The van der Waals surface area contributed by atoms with Crippen molar-refractivity contribution in [1.82, 2.24) is 15.1 Å². The van der Waals surface area contributed by atoms with Gasteiger partial charge in [-0.2, -0.15) is 5.10 Å². The average Bonchev–Trinajstić information content (AvgIpc) is 2.64. The van der Waals surface area contributed by atoms with Gasteiger partial charge in [0.25, 0.3) is 0 Å². The maximum Gasteiger partial charge on any atom is 0.325 e. The summed E-state index contributed by atoms with van der Waals surface area (Å²) in [5.74, 6) is -0.450. The van der Waals surface area contributed by atoms with Crippen LogP contribution in [0.25, 0.3) is 0 Å². The van der Waals surface area contributed by atoms with E-state index in [4.69, 9.17) is 23.2 Å². The molecule has 1 rings (SSSR count). The summed E-state index contributed by atoms with van der Waals surface area (Å²) in [7, 11) is 3.14. The van der Waals surface area contributed by atoms with Crippen LogP contribution in [0.5, 0.6) is 0 Å². The molecule has 0 saturated carbocycles. The molecular weight excluding hydrogens is 277 g/mol. The van der Waals surface area contributed by atoms with Crippen molar-refractivity contribution in [2.45, 2.75) is 25.3 Å². The zero-order chi connectivity index (χ0) is 13.7. The molecule has 0 bridgehead atoms. The predicted octanol–water partition coefficient (Wildman–Crippen LogP) is 1.51. The number of esters is 1. The second-order valence-corrected chi connectivity index (χ2v) is 4.71. The second kappa shape index (κ2) is 6.97. The molecule has 0 spiro atoms. The molecule has 0 aromatic carbocycles. The zero-order valence-corrected chi connectivity index (χ0v) is 12.2. The number of aryl methyl sites for hydroxylation is 2. The van der Waals surface area contributed by atoms with Crippen LogP contribution in [0.1, 0.15) is 18.3 Å². The second-order valence-electron chi connectivity index (χ2n) is 3.81. The van der Waals surface area contributed by atoms with Gasteiger partial charge in [-0.1, -0.05) is 18.5 Å². The van der Waals surface area contributed by atoms with E-state index in [-0.39, 0.29) is 0 Å². The van der Waals surface area contributed by atoms with Crippen molar-refractivity contribution in [3.63, 3.8) is 0 Å². The summed E-state index contributed by atoms with van der Waals surface area (Å²) in [4.78, 5) is 11.1. The van der Waals surface area contributed by atoms with E-state index in [0.717, 1.165) is 17.8 Å². The molecule has 1 aromatic heterocycles. The number of nitrogens with zero attached hydrogens (tertiary/aromatic N) is 2. The lowest BCUT2D eigenvalue weighted by Crippen LogP contribution is -2.30. The summed E-state index contributed by atoms with van der Waals surface area (Å²) in [6.07, 6.45) is 0.785. The fourth-order valence-corrected chi connectivity index (χ4v) is 2.10. The highest BCUT2D eigenvalue weighted by Gasteiger charge is 2.16. The quantitative estimate of drug-likeness (QED) is 0.638. The number of ether oxygens (including phenoxy) is 1. The van der Waals surface area contributed by atoms with E-state index in [9.17, 15) is 4.79 Å². The highest BCUT2D eigenvalue weighted by atomic mass is 35.5. The van der Waals surface area contributed by atoms with E-state index in [1.807, 2.05) is 14.0 Å². The normalized spacial score (nSPS) is 12.5. The fraction of sp³-hybridized carbons (Fsp3) is 0.636. The third kappa shape index (κ3) is 3.60. The number of hydrogen-bond donors (Lipinski definition) is 1. The van der Waals surface area contributed by atoms with Gasteiger partial charge in [0.1, 0.15) is 5.38 Å². The Hall–Kier alpha value is -0.780. The number of carbonyl (C=O) groups is 1. The molecule has 7 heteroatoms. The molecule has 0 aliphatic rings. The van der Waals surface area contributed by atoms with Crippen LogP contribution >= 0.6 is 23.2 Å².